The van der Waals surface area contributed by atoms with Gasteiger partial charge in [-0.1, -0.05) is 0 Å². The third kappa shape index (κ3) is 9.74. The molecule has 0 aromatic rings. The van der Waals surface area contributed by atoms with E-state index in [4.69, 9.17) is 4.74 Å². The van der Waals surface area contributed by atoms with E-state index in [1.807, 2.05) is 0 Å². The molecule has 1 saturated heterocycles. The van der Waals surface area contributed by atoms with E-state index in [0.717, 1.165) is 13.1 Å². The standard InChI is InChI=1S/C8H20N.C7H15NO4S/c1-5-9(6-2,7-3)8-4;9-13(10,11)7-1-2-8-3-5-12-6-4-8/h5-8H2,1-4H3;1-7H2,(H,9,10,11)/q+1;/p-1. The fourth-order valence-corrected chi connectivity index (χ4v) is 3.11. The third-order valence-electron chi connectivity index (χ3n) is 4.66. The highest BCUT2D eigenvalue weighted by Gasteiger charge is 2.16. The van der Waals surface area contributed by atoms with E-state index in [-0.39, 0.29) is 5.75 Å². The zero-order chi connectivity index (χ0) is 17.1. The molecule has 7 heteroatoms. The summed E-state index contributed by atoms with van der Waals surface area (Å²) in [6, 6.07) is 0. The summed E-state index contributed by atoms with van der Waals surface area (Å²) in [6.07, 6.45) is 0.422. The van der Waals surface area contributed by atoms with Crippen molar-refractivity contribution in [1.29, 1.82) is 0 Å². The van der Waals surface area contributed by atoms with Crippen LogP contribution in [0.4, 0.5) is 0 Å². The Labute approximate surface area is 136 Å². The molecule has 0 atom stereocenters. The van der Waals surface area contributed by atoms with E-state index >= 15 is 0 Å². The maximum atomic E-state index is 10.3. The fraction of sp³-hybridized carbons (Fsp3) is 1.00. The van der Waals surface area contributed by atoms with Crippen molar-refractivity contribution in [1.82, 2.24) is 4.90 Å². The molecule has 0 N–H and O–H groups in total. The first-order valence-corrected chi connectivity index (χ1v) is 9.99. The summed E-state index contributed by atoms with van der Waals surface area (Å²) >= 11 is 0. The lowest BCUT2D eigenvalue weighted by molar-refractivity contribution is -0.921. The Balaban J connectivity index is 0.000000433. The van der Waals surface area contributed by atoms with Crippen molar-refractivity contribution in [2.45, 2.75) is 34.1 Å². The maximum Gasteiger partial charge on any atom is 0.0946 e. The van der Waals surface area contributed by atoms with Crippen molar-refractivity contribution in [2.75, 3.05) is 64.8 Å². The van der Waals surface area contributed by atoms with Crippen LogP contribution in [-0.4, -0.2) is 87.1 Å². The van der Waals surface area contributed by atoms with Crippen molar-refractivity contribution in [3.05, 3.63) is 0 Å². The van der Waals surface area contributed by atoms with Gasteiger partial charge in [-0.3, -0.25) is 4.90 Å². The largest absolute Gasteiger partial charge is 0.748 e. The molecule has 0 unspecified atom stereocenters. The molecule has 0 saturated carbocycles. The number of rotatable bonds is 8. The molecule has 0 amide bonds. The van der Waals surface area contributed by atoms with Crippen LogP contribution in [0, 0.1) is 0 Å². The molecule has 0 radical (unpaired) electrons. The molecule has 0 bridgehead atoms. The summed E-state index contributed by atoms with van der Waals surface area (Å²) in [4.78, 5) is 2.11. The van der Waals surface area contributed by atoms with Crippen LogP contribution in [0.5, 0.6) is 0 Å². The van der Waals surface area contributed by atoms with Crippen LogP contribution >= 0.6 is 0 Å². The molecule has 0 aliphatic carbocycles. The zero-order valence-corrected chi connectivity index (χ0v) is 15.5. The average molecular weight is 339 g/mol. The normalized spacial score (nSPS) is 17.0. The molecule has 1 heterocycles. The predicted octanol–water partition coefficient (Wildman–Crippen LogP) is 1.14. The molecule has 1 aliphatic rings. The van der Waals surface area contributed by atoms with Crippen molar-refractivity contribution >= 4 is 10.1 Å². The number of quaternary nitrogens is 1. The predicted molar refractivity (Wildman–Crippen MR) is 88.9 cm³/mol. The van der Waals surface area contributed by atoms with Gasteiger partial charge in [0.15, 0.2) is 0 Å². The molecule has 1 rings (SSSR count). The Kier molecular flexibility index (Phi) is 11.2. The first-order chi connectivity index (χ1) is 10.3. The molecule has 1 aliphatic heterocycles. The van der Waals surface area contributed by atoms with E-state index in [9.17, 15) is 13.0 Å². The highest BCUT2D eigenvalue weighted by atomic mass is 32.2. The van der Waals surface area contributed by atoms with Crippen molar-refractivity contribution in [3.8, 4) is 0 Å². The minimum Gasteiger partial charge on any atom is -0.748 e. The van der Waals surface area contributed by atoms with Gasteiger partial charge >= 0.3 is 0 Å². The van der Waals surface area contributed by atoms with Gasteiger partial charge in [0.05, 0.1) is 49.5 Å². The summed E-state index contributed by atoms with van der Waals surface area (Å²) < 4.78 is 37.2. The lowest BCUT2D eigenvalue weighted by atomic mass is 10.3. The lowest BCUT2D eigenvalue weighted by Crippen LogP contribution is -2.47. The van der Waals surface area contributed by atoms with Gasteiger partial charge in [0.2, 0.25) is 0 Å². The molecule has 0 aromatic carbocycles. The van der Waals surface area contributed by atoms with E-state index in [2.05, 4.69) is 32.6 Å². The topological polar surface area (TPSA) is 69.7 Å². The number of morpholine rings is 1. The minimum atomic E-state index is -4.03. The van der Waals surface area contributed by atoms with Crippen molar-refractivity contribution < 1.29 is 22.2 Å². The Hall–Kier alpha value is -0.210. The van der Waals surface area contributed by atoms with Gasteiger partial charge in [-0.25, -0.2) is 8.42 Å². The van der Waals surface area contributed by atoms with Crippen LogP contribution in [0.15, 0.2) is 0 Å². The van der Waals surface area contributed by atoms with Gasteiger partial charge < -0.3 is 13.8 Å². The van der Waals surface area contributed by atoms with Gasteiger partial charge in [0, 0.05) is 18.8 Å². The van der Waals surface area contributed by atoms with Crippen LogP contribution in [0.1, 0.15) is 34.1 Å². The smallest absolute Gasteiger partial charge is 0.0946 e. The zero-order valence-electron chi connectivity index (χ0n) is 14.7. The van der Waals surface area contributed by atoms with E-state index in [0.29, 0.717) is 26.2 Å². The quantitative estimate of drug-likeness (QED) is 0.490. The summed E-state index contributed by atoms with van der Waals surface area (Å²) in [6.45, 7) is 18.0. The lowest BCUT2D eigenvalue weighted by Gasteiger charge is -2.34. The Morgan fingerprint density at radius 1 is 1.00 bits per heavy atom. The van der Waals surface area contributed by atoms with Crippen LogP contribution in [0.3, 0.4) is 0 Å². The molecule has 0 spiro atoms. The molecule has 1 fully saturated rings. The molecule has 134 valence electrons. The van der Waals surface area contributed by atoms with Gasteiger partial charge in [0.1, 0.15) is 0 Å². The van der Waals surface area contributed by atoms with Crippen LogP contribution in [-0.2, 0) is 14.9 Å². The summed E-state index contributed by atoms with van der Waals surface area (Å²) in [5, 5.41) is 0. The van der Waals surface area contributed by atoms with E-state index in [1.54, 1.807) is 0 Å². The van der Waals surface area contributed by atoms with E-state index < -0.39 is 10.1 Å². The second-order valence-corrected chi connectivity index (χ2v) is 7.20. The second-order valence-electron chi connectivity index (χ2n) is 5.68. The molecule has 0 aromatic heterocycles. The average Bonchev–Trinajstić information content (AvgIpc) is 2.51. The number of nitrogens with zero attached hydrogens (tertiary/aromatic N) is 2. The number of ether oxygens (including phenoxy) is 1. The molecular formula is C15H34N2O4S. The molecular weight excluding hydrogens is 304 g/mol. The maximum absolute atomic E-state index is 10.3. The highest BCUT2D eigenvalue weighted by Crippen LogP contribution is 2.03. The Morgan fingerprint density at radius 3 is 1.77 bits per heavy atom. The first-order valence-electron chi connectivity index (χ1n) is 8.41. The van der Waals surface area contributed by atoms with Gasteiger partial charge in [-0.2, -0.15) is 0 Å². The highest BCUT2D eigenvalue weighted by molar-refractivity contribution is 7.85. The monoisotopic (exact) mass is 338 g/mol. The Bertz CT molecular complexity index is 346. The number of hydrogen-bond donors (Lipinski definition) is 0. The SMILES string of the molecule is CC[N+](CC)(CC)CC.O=S(=O)([O-])CCCN1CCOCC1. The van der Waals surface area contributed by atoms with Gasteiger partial charge in [-0.05, 0) is 40.7 Å². The molecule has 22 heavy (non-hydrogen) atoms. The minimum absolute atomic E-state index is 0.260. The molecule has 6 nitrogen and oxygen atoms in total. The van der Waals surface area contributed by atoms with Gasteiger partial charge in [0.25, 0.3) is 0 Å². The number of hydrogen-bond acceptors (Lipinski definition) is 5. The summed E-state index contributed by atoms with van der Waals surface area (Å²) in [5.74, 6) is -0.260. The van der Waals surface area contributed by atoms with Crippen molar-refractivity contribution in [3.63, 3.8) is 0 Å². The van der Waals surface area contributed by atoms with Crippen LogP contribution in [0.2, 0.25) is 0 Å². The summed E-state index contributed by atoms with van der Waals surface area (Å²) in [5.41, 5.74) is 0. The van der Waals surface area contributed by atoms with Crippen LogP contribution in [0.25, 0.3) is 0 Å². The second kappa shape index (κ2) is 11.3. The summed E-state index contributed by atoms with van der Waals surface area (Å²) in [7, 11) is -4.03. The first kappa shape index (κ1) is 21.8. The van der Waals surface area contributed by atoms with Crippen molar-refractivity contribution in [2.24, 2.45) is 0 Å². The Morgan fingerprint density at radius 2 is 1.45 bits per heavy atom. The van der Waals surface area contributed by atoms with Crippen LogP contribution < -0.4 is 0 Å². The van der Waals surface area contributed by atoms with Gasteiger partial charge in [-0.15, -0.1) is 0 Å². The van der Waals surface area contributed by atoms with E-state index in [1.165, 1.54) is 30.7 Å². The third-order valence-corrected chi connectivity index (χ3v) is 5.44. The fourth-order valence-electron chi connectivity index (χ4n) is 2.63.